The minimum atomic E-state index is 1.17. The van der Waals surface area contributed by atoms with Crippen molar-refractivity contribution in [1.82, 2.24) is 4.98 Å². The summed E-state index contributed by atoms with van der Waals surface area (Å²) in [5.74, 6) is 0. The van der Waals surface area contributed by atoms with Crippen LogP contribution in [0.2, 0.25) is 0 Å². The van der Waals surface area contributed by atoms with Crippen LogP contribution < -0.4 is 0 Å². The van der Waals surface area contributed by atoms with Crippen LogP contribution in [0.5, 0.6) is 0 Å². The minimum Gasteiger partial charge on any atom is -0.358 e. The van der Waals surface area contributed by atoms with Crippen LogP contribution in [0, 0.1) is 6.92 Å². The molecule has 0 unspecified atom stereocenters. The zero-order chi connectivity index (χ0) is 9.97. The van der Waals surface area contributed by atoms with Crippen LogP contribution in [0.3, 0.4) is 0 Å². The molecular weight excluding hydrogens is 170 g/mol. The van der Waals surface area contributed by atoms with E-state index in [0.29, 0.717) is 0 Å². The van der Waals surface area contributed by atoms with Crippen LogP contribution in [-0.2, 0) is 6.42 Å². The number of H-pyrrole nitrogens is 1. The van der Waals surface area contributed by atoms with Gasteiger partial charge in [0.15, 0.2) is 0 Å². The van der Waals surface area contributed by atoms with Crippen LogP contribution in [0.15, 0.2) is 24.3 Å². The molecular formula is C13H17N. The van der Waals surface area contributed by atoms with Gasteiger partial charge in [-0.15, -0.1) is 0 Å². The number of aryl methyl sites for hydroxylation is 2. The number of nitrogens with one attached hydrogen (secondary N) is 1. The number of hydrogen-bond donors (Lipinski definition) is 1. The molecule has 1 N–H and O–H groups in total. The van der Waals surface area contributed by atoms with Gasteiger partial charge >= 0.3 is 0 Å². The molecule has 0 fully saturated rings. The monoisotopic (exact) mass is 187 g/mol. The van der Waals surface area contributed by atoms with Crippen molar-refractivity contribution in [3.8, 4) is 0 Å². The lowest BCUT2D eigenvalue weighted by molar-refractivity contribution is 0.782. The van der Waals surface area contributed by atoms with Gasteiger partial charge in [0, 0.05) is 11.2 Å². The highest BCUT2D eigenvalue weighted by Gasteiger charge is 1.99. The van der Waals surface area contributed by atoms with Crippen molar-refractivity contribution in [2.45, 2.75) is 33.1 Å². The molecule has 74 valence electrons. The lowest BCUT2D eigenvalue weighted by atomic mass is 10.1. The molecule has 0 saturated heterocycles. The van der Waals surface area contributed by atoms with E-state index in [4.69, 9.17) is 0 Å². The highest BCUT2D eigenvalue weighted by atomic mass is 14.7. The Labute approximate surface area is 85.1 Å². The summed E-state index contributed by atoms with van der Waals surface area (Å²) in [6, 6.07) is 8.84. The molecule has 0 aliphatic rings. The Kier molecular flexibility index (Phi) is 2.58. The standard InChI is InChI=1S/C13H17N/c1-3-4-5-12-9-11-7-6-10(2)8-13(11)14-12/h6-9,14H,3-5H2,1-2H3. The first-order valence-corrected chi connectivity index (χ1v) is 5.38. The fraction of sp³-hybridized carbons (Fsp3) is 0.385. The van der Waals surface area contributed by atoms with Gasteiger partial charge in [0.1, 0.15) is 0 Å². The van der Waals surface area contributed by atoms with Crippen molar-refractivity contribution in [3.63, 3.8) is 0 Å². The molecule has 1 aromatic heterocycles. The zero-order valence-electron chi connectivity index (χ0n) is 8.93. The summed E-state index contributed by atoms with van der Waals surface area (Å²) in [6.45, 7) is 4.36. The van der Waals surface area contributed by atoms with Crippen LogP contribution in [0.4, 0.5) is 0 Å². The van der Waals surface area contributed by atoms with E-state index in [9.17, 15) is 0 Å². The quantitative estimate of drug-likeness (QED) is 0.752. The number of hydrogen-bond acceptors (Lipinski definition) is 0. The molecule has 14 heavy (non-hydrogen) atoms. The second kappa shape index (κ2) is 3.87. The summed E-state index contributed by atoms with van der Waals surface area (Å²) in [6.07, 6.45) is 3.70. The summed E-state index contributed by atoms with van der Waals surface area (Å²) >= 11 is 0. The summed E-state index contributed by atoms with van der Waals surface area (Å²) in [4.78, 5) is 3.47. The molecule has 0 saturated carbocycles. The van der Waals surface area contributed by atoms with Gasteiger partial charge in [-0.1, -0.05) is 25.5 Å². The molecule has 1 heterocycles. The fourth-order valence-electron chi connectivity index (χ4n) is 1.80. The Morgan fingerprint density at radius 3 is 2.86 bits per heavy atom. The molecule has 0 bridgehead atoms. The van der Waals surface area contributed by atoms with Crippen molar-refractivity contribution in [2.75, 3.05) is 0 Å². The summed E-state index contributed by atoms with van der Waals surface area (Å²) in [5, 5.41) is 1.33. The van der Waals surface area contributed by atoms with Gasteiger partial charge in [0.2, 0.25) is 0 Å². The van der Waals surface area contributed by atoms with E-state index in [1.54, 1.807) is 0 Å². The molecule has 2 aromatic rings. The zero-order valence-corrected chi connectivity index (χ0v) is 8.93. The Morgan fingerprint density at radius 2 is 2.07 bits per heavy atom. The number of unbranched alkanes of at least 4 members (excludes halogenated alkanes) is 1. The molecule has 0 atom stereocenters. The molecule has 2 rings (SSSR count). The van der Waals surface area contributed by atoms with E-state index in [-0.39, 0.29) is 0 Å². The molecule has 0 radical (unpaired) electrons. The van der Waals surface area contributed by atoms with E-state index in [1.807, 2.05) is 0 Å². The third-order valence-corrected chi connectivity index (χ3v) is 2.63. The van der Waals surface area contributed by atoms with Gasteiger partial charge in [-0.3, -0.25) is 0 Å². The minimum absolute atomic E-state index is 1.17. The maximum Gasteiger partial charge on any atom is 0.0458 e. The third kappa shape index (κ3) is 1.82. The van der Waals surface area contributed by atoms with Crippen molar-refractivity contribution in [2.24, 2.45) is 0 Å². The second-order valence-corrected chi connectivity index (χ2v) is 3.99. The van der Waals surface area contributed by atoms with Crippen LogP contribution >= 0.6 is 0 Å². The normalized spacial score (nSPS) is 11.0. The van der Waals surface area contributed by atoms with E-state index in [0.717, 1.165) is 0 Å². The topological polar surface area (TPSA) is 15.8 Å². The lowest BCUT2D eigenvalue weighted by Crippen LogP contribution is -1.82. The largest absolute Gasteiger partial charge is 0.358 e. The Morgan fingerprint density at radius 1 is 1.21 bits per heavy atom. The highest BCUT2D eigenvalue weighted by Crippen LogP contribution is 2.17. The molecule has 0 amide bonds. The first-order chi connectivity index (χ1) is 6.79. The predicted molar refractivity (Wildman–Crippen MR) is 61.6 cm³/mol. The number of rotatable bonds is 3. The van der Waals surface area contributed by atoms with Crippen molar-refractivity contribution < 1.29 is 0 Å². The van der Waals surface area contributed by atoms with Crippen molar-refractivity contribution in [3.05, 3.63) is 35.5 Å². The van der Waals surface area contributed by atoms with Crippen LogP contribution in [-0.4, -0.2) is 4.98 Å². The molecule has 0 aliphatic carbocycles. The average molecular weight is 187 g/mol. The highest BCUT2D eigenvalue weighted by molar-refractivity contribution is 5.81. The summed E-state index contributed by atoms with van der Waals surface area (Å²) in [5.41, 5.74) is 3.96. The molecule has 1 aromatic carbocycles. The molecule has 0 aliphatic heterocycles. The summed E-state index contributed by atoms with van der Waals surface area (Å²) < 4.78 is 0. The van der Waals surface area contributed by atoms with Gasteiger partial charge in [-0.05, 0) is 42.8 Å². The first kappa shape index (κ1) is 9.32. The number of aromatic amines is 1. The lowest BCUT2D eigenvalue weighted by Gasteiger charge is -1.93. The van der Waals surface area contributed by atoms with E-state index >= 15 is 0 Å². The smallest absolute Gasteiger partial charge is 0.0458 e. The van der Waals surface area contributed by atoms with Gasteiger partial charge in [0.05, 0.1) is 0 Å². The fourth-order valence-corrected chi connectivity index (χ4v) is 1.80. The average Bonchev–Trinajstić information content (AvgIpc) is 2.56. The summed E-state index contributed by atoms with van der Waals surface area (Å²) in [7, 11) is 0. The van der Waals surface area contributed by atoms with Crippen molar-refractivity contribution >= 4 is 10.9 Å². The Balaban J connectivity index is 2.32. The van der Waals surface area contributed by atoms with Crippen LogP contribution in [0.25, 0.3) is 10.9 Å². The van der Waals surface area contributed by atoms with Gasteiger partial charge in [-0.25, -0.2) is 0 Å². The Bertz CT molecular complexity index is 426. The first-order valence-electron chi connectivity index (χ1n) is 5.38. The molecule has 1 nitrogen and oxygen atoms in total. The second-order valence-electron chi connectivity index (χ2n) is 3.99. The van der Waals surface area contributed by atoms with Gasteiger partial charge < -0.3 is 4.98 Å². The van der Waals surface area contributed by atoms with Crippen molar-refractivity contribution in [1.29, 1.82) is 0 Å². The Hall–Kier alpha value is -1.24. The van der Waals surface area contributed by atoms with E-state index in [2.05, 4.69) is 43.1 Å². The number of fused-ring (bicyclic) bond motifs is 1. The predicted octanol–water partition coefficient (Wildman–Crippen LogP) is 3.82. The SMILES string of the molecule is CCCCc1cc2ccc(C)cc2[nH]1. The van der Waals surface area contributed by atoms with E-state index in [1.165, 1.54) is 41.4 Å². The third-order valence-electron chi connectivity index (χ3n) is 2.63. The van der Waals surface area contributed by atoms with Crippen LogP contribution in [0.1, 0.15) is 31.0 Å². The molecule has 0 spiro atoms. The van der Waals surface area contributed by atoms with Gasteiger partial charge in [-0.2, -0.15) is 0 Å². The maximum atomic E-state index is 3.47. The van der Waals surface area contributed by atoms with E-state index < -0.39 is 0 Å². The number of benzene rings is 1. The molecule has 1 heteroatoms. The maximum absolute atomic E-state index is 3.47. The number of aromatic nitrogens is 1. The van der Waals surface area contributed by atoms with Gasteiger partial charge in [0.25, 0.3) is 0 Å².